The summed E-state index contributed by atoms with van der Waals surface area (Å²) in [6.45, 7) is 10.9. The molecule has 3 fully saturated rings. The molecule has 5 rings (SSSR count). The number of fused-ring (bicyclic) bond motifs is 5. The Morgan fingerprint density at radius 2 is 1.22 bits per heavy atom. The number of rotatable bonds is 10. The number of benzene rings is 2. The Balaban J connectivity index is 1.06. The first kappa shape index (κ1) is 21.7. The monoisotopic (exact) mass is 428 g/mol. The third-order valence-electron chi connectivity index (χ3n) is 8.36. The van der Waals surface area contributed by atoms with Crippen LogP contribution in [0.1, 0.15) is 47.9 Å². The highest BCUT2D eigenvalue weighted by Gasteiger charge is 2.55. The first-order chi connectivity index (χ1) is 15.7. The topological polar surface area (TPSA) is 18.5 Å². The first-order valence-corrected chi connectivity index (χ1v) is 12.3. The fourth-order valence-corrected chi connectivity index (χ4v) is 6.83. The standard InChI is InChI=1S/C30H36O2/c1-3-21-5-9-23(10-6-21)17-31-19-25-13-28-26-15-27(29(16-26)30(28)14-25)20-32-18-24-11-7-22(4-2)8-12-24/h3-12,25-30H,1-2,13-20H2. The van der Waals surface area contributed by atoms with Gasteiger partial charge in [0.1, 0.15) is 0 Å². The summed E-state index contributed by atoms with van der Waals surface area (Å²) in [7, 11) is 0. The maximum absolute atomic E-state index is 6.18. The average molecular weight is 429 g/mol. The first-order valence-electron chi connectivity index (χ1n) is 12.3. The molecule has 2 aromatic rings. The van der Waals surface area contributed by atoms with Crippen LogP contribution in [0.3, 0.4) is 0 Å². The summed E-state index contributed by atoms with van der Waals surface area (Å²) in [5.74, 6) is 5.17. The van der Waals surface area contributed by atoms with Crippen molar-refractivity contribution >= 4 is 12.2 Å². The molecule has 0 aliphatic heterocycles. The average Bonchev–Trinajstić information content (AvgIpc) is 3.52. The summed E-state index contributed by atoms with van der Waals surface area (Å²) in [5, 5.41) is 0. The zero-order valence-electron chi connectivity index (χ0n) is 19.1. The van der Waals surface area contributed by atoms with Crippen LogP contribution in [0.4, 0.5) is 0 Å². The van der Waals surface area contributed by atoms with E-state index in [4.69, 9.17) is 9.47 Å². The molecule has 6 unspecified atom stereocenters. The van der Waals surface area contributed by atoms with Crippen LogP contribution in [-0.4, -0.2) is 13.2 Å². The fourth-order valence-electron chi connectivity index (χ4n) is 6.83. The van der Waals surface area contributed by atoms with Crippen LogP contribution in [0, 0.1) is 35.5 Å². The molecule has 3 aliphatic carbocycles. The van der Waals surface area contributed by atoms with Gasteiger partial charge in [-0.3, -0.25) is 0 Å². The smallest absolute Gasteiger partial charge is 0.0717 e. The lowest BCUT2D eigenvalue weighted by atomic mass is 9.76. The van der Waals surface area contributed by atoms with Gasteiger partial charge in [-0.1, -0.05) is 73.8 Å². The highest BCUT2D eigenvalue weighted by molar-refractivity contribution is 5.47. The van der Waals surface area contributed by atoms with Gasteiger partial charge in [-0.15, -0.1) is 0 Å². The number of ether oxygens (including phenoxy) is 2. The van der Waals surface area contributed by atoms with Crippen molar-refractivity contribution in [3.63, 3.8) is 0 Å². The van der Waals surface area contributed by atoms with E-state index in [9.17, 15) is 0 Å². The summed E-state index contributed by atoms with van der Waals surface area (Å²) in [6.07, 6.45) is 9.34. The van der Waals surface area contributed by atoms with Gasteiger partial charge in [0.25, 0.3) is 0 Å². The lowest BCUT2D eigenvalue weighted by Crippen LogP contribution is -2.27. The van der Waals surface area contributed by atoms with Crippen molar-refractivity contribution in [1.82, 2.24) is 0 Å². The maximum atomic E-state index is 6.18. The van der Waals surface area contributed by atoms with Crippen molar-refractivity contribution in [1.29, 1.82) is 0 Å². The predicted octanol–water partition coefficient (Wildman–Crippen LogP) is 7.00. The van der Waals surface area contributed by atoms with Crippen LogP contribution in [0.2, 0.25) is 0 Å². The molecule has 2 bridgehead atoms. The van der Waals surface area contributed by atoms with Gasteiger partial charge in [0, 0.05) is 6.61 Å². The molecule has 168 valence electrons. The van der Waals surface area contributed by atoms with Crippen molar-refractivity contribution in [3.05, 3.63) is 83.9 Å². The number of hydrogen-bond acceptors (Lipinski definition) is 2. The zero-order valence-corrected chi connectivity index (χ0v) is 19.1. The quantitative estimate of drug-likeness (QED) is 0.405. The molecule has 3 saturated carbocycles. The molecule has 3 aliphatic rings. The van der Waals surface area contributed by atoms with E-state index in [1.54, 1.807) is 0 Å². The van der Waals surface area contributed by atoms with Crippen molar-refractivity contribution < 1.29 is 9.47 Å². The van der Waals surface area contributed by atoms with Crippen LogP contribution in [0.5, 0.6) is 0 Å². The molecule has 0 heterocycles. The molecule has 32 heavy (non-hydrogen) atoms. The second-order valence-electron chi connectivity index (χ2n) is 10.2. The molecule has 0 spiro atoms. The van der Waals surface area contributed by atoms with E-state index >= 15 is 0 Å². The van der Waals surface area contributed by atoms with Gasteiger partial charge in [0.05, 0.1) is 19.8 Å². The highest BCUT2D eigenvalue weighted by Crippen LogP contribution is 2.62. The molecule has 2 heteroatoms. The van der Waals surface area contributed by atoms with E-state index in [-0.39, 0.29) is 0 Å². The van der Waals surface area contributed by atoms with E-state index in [1.807, 2.05) is 12.2 Å². The Bertz CT molecular complexity index is 913. The molecule has 6 atom stereocenters. The Kier molecular flexibility index (Phi) is 6.62. The Morgan fingerprint density at radius 3 is 1.81 bits per heavy atom. The van der Waals surface area contributed by atoms with Crippen LogP contribution in [-0.2, 0) is 22.7 Å². The summed E-state index contributed by atoms with van der Waals surface area (Å²) >= 11 is 0. The van der Waals surface area contributed by atoms with Crippen LogP contribution < -0.4 is 0 Å². The Labute approximate surface area is 193 Å². The Hall–Kier alpha value is -2.16. The van der Waals surface area contributed by atoms with E-state index in [1.165, 1.54) is 42.4 Å². The summed E-state index contributed by atoms with van der Waals surface area (Å²) in [5.41, 5.74) is 4.84. The fraction of sp³-hybridized carbons (Fsp3) is 0.467. The van der Waals surface area contributed by atoms with Gasteiger partial charge in [0.2, 0.25) is 0 Å². The lowest BCUT2D eigenvalue weighted by molar-refractivity contribution is 0.0466. The number of hydrogen-bond donors (Lipinski definition) is 0. The molecule has 0 amide bonds. The molecular weight excluding hydrogens is 392 g/mol. The minimum absolute atomic E-state index is 0.723. The third kappa shape index (κ3) is 4.63. The molecule has 0 radical (unpaired) electrons. The van der Waals surface area contributed by atoms with E-state index in [0.29, 0.717) is 0 Å². The third-order valence-corrected chi connectivity index (χ3v) is 8.36. The molecule has 2 aromatic carbocycles. The van der Waals surface area contributed by atoms with Gasteiger partial charge < -0.3 is 9.47 Å². The maximum Gasteiger partial charge on any atom is 0.0717 e. The Morgan fingerprint density at radius 1 is 0.656 bits per heavy atom. The second-order valence-corrected chi connectivity index (χ2v) is 10.2. The highest BCUT2D eigenvalue weighted by atomic mass is 16.5. The molecule has 0 saturated heterocycles. The zero-order chi connectivity index (χ0) is 21.9. The van der Waals surface area contributed by atoms with Gasteiger partial charge in [-0.2, -0.15) is 0 Å². The van der Waals surface area contributed by atoms with Gasteiger partial charge in [-0.25, -0.2) is 0 Å². The van der Waals surface area contributed by atoms with Gasteiger partial charge in [-0.05, 0) is 83.4 Å². The van der Waals surface area contributed by atoms with E-state index < -0.39 is 0 Å². The normalized spacial score (nSPS) is 30.4. The van der Waals surface area contributed by atoms with E-state index in [2.05, 4.69) is 61.7 Å². The second kappa shape index (κ2) is 9.77. The van der Waals surface area contributed by atoms with Gasteiger partial charge in [0.15, 0.2) is 0 Å². The minimum Gasteiger partial charge on any atom is -0.376 e. The summed E-state index contributed by atoms with van der Waals surface area (Å²) < 4.78 is 12.3. The largest absolute Gasteiger partial charge is 0.376 e. The SMILES string of the molecule is C=Cc1ccc(COCC2CC3C4CC(COCc5ccc(C=C)cc5)C(C4)C3C2)cc1. The van der Waals surface area contributed by atoms with Crippen molar-refractivity contribution in [2.45, 2.75) is 38.9 Å². The molecule has 0 aromatic heterocycles. The van der Waals surface area contributed by atoms with Crippen molar-refractivity contribution in [2.24, 2.45) is 35.5 Å². The van der Waals surface area contributed by atoms with Crippen LogP contribution >= 0.6 is 0 Å². The summed E-state index contributed by atoms with van der Waals surface area (Å²) in [6, 6.07) is 17.1. The van der Waals surface area contributed by atoms with Crippen molar-refractivity contribution in [3.8, 4) is 0 Å². The molecule has 0 N–H and O–H groups in total. The van der Waals surface area contributed by atoms with Crippen LogP contribution in [0.25, 0.3) is 12.2 Å². The summed E-state index contributed by atoms with van der Waals surface area (Å²) in [4.78, 5) is 0. The van der Waals surface area contributed by atoms with Crippen LogP contribution in [0.15, 0.2) is 61.7 Å². The predicted molar refractivity (Wildman–Crippen MR) is 132 cm³/mol. The molecular formula is C30H36O2. The van der Waals surface area contributed by atoms with Crippen molar-refractivity contribution in [2.75, 3.05) is 13.2 Å². The van der Waals surface area contributed by atoms with E-state index in [0.717, 1.165) is 67.5 Å². The van der Waals surface area contributed by atoms with Gasteiger partial charge >= 0.3 is 0 Å². The minimum atomic E-state index is 0.723. The molecule has 2 nitrogen and oxygen atoms in total. The lowest BCUT2D eigenvalue weighted by Gasteiger charge is -2.31.